The van der Waals surface area contributed by atoms with Crippen LogP contribution in [-0.2, 0) is 11.3 Å². The van der Waals surface area contributed by atoms with Crippen LogP contribution in [0.25, 0.3) is 22.1 Å². The molecule has 1 fully saturated rings. The number of ether oxygens (including phenoxy) is 1. The second-order valence-corrected chi connectivity index (χ2v) is 6.50. The Balaban J connectivity index is 1.56. The summed E-state index contributed by atoms with van der Waals surface area (Å²) in [6.07, 6.45) is 3.87. The molecule has 1 atom stereocenters. The van der Waals surface area contributed by atoms with Gasteiger partial charge in [0.2, 0.25) is 0 Å². The topological polar surface area (TPSA) is 52.0 Å². The molecular formula is C17H17FN4OS. The molecule has 124 valence electrons. The molecule has 1 unspecified atom stereocenters. The Morgan fingerprint density at radius 3 is 3.00 bits per heavy atom. The van der Waals surface area contributed by atoms with E-state index < -0.39 is 0 Å². The Bertz CT molecular complexity index is 808. The number of halogens is 1. The second-order valence-electron chi connectivity index (χ2n) is 5.64. The number of hydrogen-bond acceptors (Lipinski definition) is 5. The van der Waals surface area contributed by atoms with Crippen molar-refractivity contribution in [3.05, 3.63) is 47.9 Å². The summed E-state index contributed by atoms with van der Waals surface area (Å²) in [5.74, 6) is 0.591. The third-order valence-electron chi connectivity index (χ3n) is 3.96. The lowest BCUT2D eigenvalue weighted by atomic mass is 10.2. The molecule has 0 saturated carbocycles. The van der Waals surface area contributed by atoms with Gasteiger partial charge in [0.25, 0.3) is 0 Å². The van der Waals surface area contributed by atoms with Gasteiger partial charge in [-0.2, -0.15) is 0 Å². The Kier molecular flexibility index (Phi) is 4.38. The molecule has 1 aliphatic rings. The van der Waals surface area contributed by atoms with Crippen molar-refractivity contribution in [2.24, 2.45) is 0 Å². The van der Waals surface area contributed by atoms with Gasteiger partial charge in [-0.1, -0.05) is 0 Å². The van der Waals surface area contributed by atoms with Crippen molar-refractivity contribution in [1.29, 1.82) is 0 Å². The van der Waals surface area contributed by atoms with E-state index in [4.69, 9.17) is 4.74 Å². The van der Waals surface area contributed by atoms with E-state index >= 15 is 0 Å². The molecule has 0 bridgehead atoms. The van der Waals surface area contributed by atoms with Gasteiger partial charge in [-0.15, -0.1) is 11.3 Å². The Labute approximate surface area is 143 Å². The number of benzene rings is 1. The van der Waals surface area contributed by atoms with Crippen LogP contribution >= 0.6 is 11.3 Å². The number of aromatic nitrogens is 3. The van der Waals surface area contributed by atoms with E-state index in [-0.39, 0.29) is 11.9 Å². The molecular weight excluding hydrogens is 327 g/mol. The summed E-state index contributed by atoms with van der Waals surface area (Å²) < 4.78 is 20.9. The van der Waals surface area contributed by atoms with Crippen LogP contribution in [-0.4, -0.2) is 40.3 Å². The number of nitrogens with zero attached hydrogens (tertiary/aromatic N) is 3. The summed E-state index contributed by atoms with van der Waals surface area (Å²) in [6, 6.07) is 6.37. The van der Waals surface area contributed by atoms with Crippen molar-refractivity contribution < 1.29 is 9.13 Å². The van der Waals surface area contributed by atoms with Crippen LogP contribution in [0.2, 0.25) is 0 Å². The van der Waals surface area contributed by atoms with Gasteiger partial charge in [0.1, 0.15) is 5.82 Å². The van der Waals surface area contributed by atoms with Gasteiger partial charge in [-0.25, -0.2) is 14.4 Å². The fraction of sp³-hybridized carbons (Fsp3) is 0.294. The van der Waals surface area contributed by atoms with E-state index in [9.17, 15) is 4.39 Å². The molecule has 1 aromatic carbocycles. The number of rotatable bonds is 4. The predicted octanol–water partition coefficient (Wildman–Crippen LogP) is 2.80. The van der Waals surface area contributed by atoms with Crippen molar-refractivity contribution in [1.82, 2.24) is 19.9 Å². The minimum atomic E-state index is -0.245. The van der Waals surface area contributed by atoms with Crippen LogP contribution in [0.3, 0.4) is 0 Å². The van der Waals surface area contributed by atoms with Crippen molar-refractivity contribution in [2.45, 2.75) is 12.6 Å². The average Bonchev–Trinajstić information content (AvgIpc) is 3.25. The van der Waals surface area contributed by atoms with Crippen LogP contribution in [0.1, 0.15) is 0 Å². The highest BCUT2D eigenvalue weighted by Gasteiger charge is 2.17. The Hall–Kier alpha value is -2.09. The lowest BCUT2D eigenvalue weighted by Gasteiger charge is -2.24. The van der Waals surface area contributed by atoms with Gasteiger partial charge >= 0.3 is 0 Å². The SMILES string of the molecule is Fc1ccc(-c2csc(-c3nccn3CC3CNCCO3)n2)cc1. The van der Waals surface area contributed by atoms with Gasteiger partial charge in [-0.05, 0) is 24.3 Å². The maximum Gasteiger partial charge on any atom is 0.169 e. The molecule has 0 spiro atoms. The van der Waals surface area contributed by atoms with Gasteiger partial charge in [0, 0.05) is 36.4 Å². The van der Waals surface area contributed by atoms with E-state index in [0.717, 1.165) is 48.3 Å². The molecule has 0 amide bonds. The quantitative estimate of drug-likeness (QED) is 0.791. The number of hydrogen-bond donors (Lipinski definition) is 1. The molecule has 3 heterocycles. The largest absolute Gasteiger partial charge is 0.374 e. The monoisotopic (exact) mass is 344 g/mol. The molecule has 2 aromatic heterocycles. The van der Waals surface area contributed by atoms with E-state index in [1.54, 1.807) is 18.3 Å². The predicted molar refractivity (Wildman–Crippen MR) is 91.3 cm³/mol. The number of morpholine rings is 1. The van der Waals surface area contributed by atoms with Crippen molar-refractivity contribution in [2.75, 3.05) is 19.7 Å². The second kappa shape index (κ2) is 6.80. The molecule has 24 heavy (non-hydrogen) atoms. The average molecular weight is 344 g/mol. The smallest absolute Gasteiger partial charge is 0.169 e. The van der Waals surface area contributed by atoms with Crippen LogP contribution < -0.4 is 5.32 Å². The van der Waals surface area contributed by atoms with Gasteiger partial charge in [-0.3, -0.25) is 0 Å². The van der Waals surface area contributed by atoms with E-state index in [1.807, 2.05) is 11.6 Å². The fourth-order valence-corrected chi connectivity index (χ4v) is 3.58. The molecule has 1 aliphatic heterocycles. The van der Waals surface area contributed by atoms with Gasteiger partial charge in [0.05, 0.1) is 24.9 Å². The number of imidazole rings is 1. The lowest BCUT2D eigenvalue weighted by molar-refractivity contribution is 0.0185. The number of nitrogens with one attached hydrogen (secondary N) is 1. The van der Waals surface area contributed by atoms with Crippen LogP contribution in [0.4, 0.5) is 4.39 Å². The van der Waals surface area contributed by atoms with E-state index in [1.165, 1.54) is 23.5 Å². The van der Waals surface area contributed by atoms with E-state index in [0.29, 0.717) is 0 Å². The highest BCUT2D eigenvalue weighted by atomic mass is 32.1. The standard InChI is InChI=1S/C17H17FN4OS/c18-13-3-1-12(2-4-13)15-11-24-17(21-15)16-20-5-7-22(16)10-14-9-19-6-8-23-14/h1-5,7,11,14,19H,6,8-10H2. The molecule has 5 nitrogen and oxygen atoms in total. The van der Waals surface area contributed by atoms with Crippen molar-refractivity contribution in [3.63, 3.8) is 0 Å². The first-order valence-corrected chi connectivity index (χ1v) is 8.73. The Morgan fingerprint density at radius 1 is 1.33 bits per heavy atom. The molecule has 0 radical (unpaired) electrons. The normalized spacial score (nSPS) is 18.0. The summed E-state index contributed by atoms with van der Waals surface area (Å²) in [5.41, 5.74) is 1.73. The first kappa shape index (κ1) is 15.4. The van der Waals surface area contributed by atoms with Crippen LogP contribution in [0.15, 0.2) is 42.0 Å². The van der Waals surface area contributed by atoms with Gasteiger partial charge in [0.15, 0.2) is 10.8 Å². The molecule has 4 rings (SSSR count). The fourth-order valence-electron chi connectivity index (χ4n) is 2.74. The molecule has 1 N–H and O–H groups in total. The highest BCUT2D eigenvalue weighted by Crippen LogP contribution is 2.28. The lowest BCUT2D eigenvalue weighted by Crippen LogP contribution is -2.40. The summed E-state index contributed by atoms with van der Waals surface area (Å²) in [5, 5.41) is 6.16. The van der Waals surface area contributed by atoms with Crippen molar-refractivity contribution >= 4 is 11.3 Å². The minimum absolute atomic E-state index is 0.142. The molecule has 1 saturated heterocycles. The Morgan fingerprint density at radius 2 is 2.21 bits per heavy atom. The molecule has 7 heteroatoms. The summed E-state index contributed by atoms with van der Waals surface area (Å²) >= 11 is 1.54. The summed E-state index contributed by atoms with van der Waals surface area (Å²) in [4.78, 5) is 9.11. The summed E-state index contributed by atoms with van der Waals surface area (Å²) in [7, 11) is 0. The minimum Gasteiger partial charge on any atom is -0.374 e. The zero-order valence-electron chi connectivity index (χ0n) is 13.0. The maximum atomic E-state index is 13.1. The third kappa shape index (κ3) is 3.24. The van der Waals surface area contributed by atoms with Gasteiger partial charge < -0.3 is 14.6 Å². The molecule has 0 aliphatic carbocycles. The first-order valence-electron chi connectivity index (χ1n) is 7.85. The third-order valence-corrected chi connectivity index (χ3v) is 4.79. The zero-order chi connectivity index (χ0) is 16.4. The molecule has 3 aromatic rings. The highest BCUT2D eigenvalue weighted by molar-refractivity contribution is 7.13. The summed E-state index contributed by atoms with van der Waals surface area (Å²) in [6.45, 7) is 3.23. The van der Waals surface area contributed by atoms with Crippen LogP contribution in [0.5, 0.6) is 0 Å². The zero-order valence-corrected chi connectivity index (χ0v) is 13.8. The van der Waals surface area contributed by atoms with E-state index in [2.05, 4.69) is 19.9 Å². The van der Waals surface area contributed by atoms with Crippen LogP contribution in [0, 0.1) is 5.82 Å². The van der Waals surface area contributed by atoms with Crippen molar-refractivity contribution in [3.8, 4) is 22.1 Å². The maximum absolute atomic E-state index is 13.1. The first-order chi connectivity index (χ1) is 11.8. The number of thiazole rings is 1.